The van der Waals surface area contributed by atoms with E-state index in [4.69, 9.17) is 33.2 Å². The van der Waals surface area contributed by atoms with E-state index in [0.29, 0.717) is 0 Å². The van der Waals surface area contributed by atoms with E-state index in [0.717, 1.165) is 27.7 Å². The highest BCUT2D eigenvalue weighted by Gasteiger charge is 2.53. The lowest BCUT2D eigenvalue weighted by molar-refractivity contribution is -0.316. The Morgan fingerprint density at radius 3 is 1.92 bits per heavy atom. The molecule has 2 N–H and O–H groups in total. The third-order valence-corrected chi connectivity index (χ3v) is 4.64. The van der Waals surface area contributed by atoms with Gasteiger partial charge in [0.25, 0.3) is 0 Å². The number of hydrogen-bond acceptors (Lipinski definition) is 13. The molecule has 15 heteroatoms. The SMILES string of the molecule is C=CCOC(=O)N[C@H](C(=O)O)[C@H](C)O[C@@H]1O[C@H](COC(C)=O)[C@H](OC(C)=O)[C@H](OC(C)=O)[C@H]1OC(C)=O. The number of carboxylic acids is 1. The fourth-order valence-electron chi connectivity index (χ4n) is 3.27. The van der Waals surface area contributed by atoms with Gasteiger partial charge in [-0.15, -0.1) is 0 Å². The monoisotopic (exact) mass is 533 g/mol. The summed E-state index contributed by atoms with van der Waals surface area (Å²) in [5.41, 5.74) is 0. The van der Waals surface area contributed by atoms with Gasteiger partial charge in [0, 0.05) is 27.7 Å². The Labute approximate surface area is 212 Å². The molecule has 0 aromatic rings. The minimum absolute atomic E-state index is 0.187. The van der Waals surface area contributed by atoms with Gasteiger partial charge in [-0.2, -0.15) is 0 Å². The third kappa shape index (κ3) is 10.4. The molecule has 0 aliphatic carbocycles. The van der Waals surface area contributed by atoms with Crippen molar-refractivity contribution in [3.63, 3.8) is 0 Å². The summed E-state index contributed by atoms with van der Waals surface area (Å²) in [6, 6.07) is -1.68. The number of carboxylic acid groups (broad SMARTS) is 1. The quantitative estimate of drug-likeness (QED) is 0.190. The summed E-state index contributed by atoms with van der Waals surface area (Å²) in [7, 11) is 0. The van der Waals surface area contributed by atoms with Crippen molar-refractivity contribution >= 4 is 35.9 Å². The highest BCUT2D eigenvalue weighted by Crippen LogP contribution is 2.31. The lowest BCUT2D eigenvalue weighted by atomic mass is 9.98. The van der Waals surface area contributed by atoms with Crippen LogP contribution in [0.25, 0.3) is 0 Å². The molecule has 1 amide bonds. The van der Waals surface area contributed by atoms with E-state index in [9.17, 15) is 33.9 Å². The van der Waals surface area contributed by atoms with Crippen LogP contribution in [0.1, 0.15) is 34.6 Å². The van der Waals surface area contributed by atoms with Crippen molar-refractivity contribution in [2.75, 3.05) is 13.2 Å². The van der Waals surface area contributed by atoms with E-state index in [2.05, 4.69) is 11.9 Å². The number of amides is 1. The Morgan fingerprint density at radius 1 is 0.892 bits per heavy atom. The molecule has 1 fully saturated rings. The molecule has 0 radical (unpaired) electrons. The van der Waals surface area contributed by atoms with Crippen molar-refractivity contribution in [3.8, 4) is 0 Å². The molecule has 0 bridgehead atoms. The van der Waals surface area contributed by atoms with E-state index < -0.39 is 85.4 Å². The first-order chi connectivity index (χ1) is 17.3. The largest absolute Gasteiger partial charge is 0.480 e. The molecule has 0 unspecified atom stereocenters. The lowest BCUT2D eigenvalue weighted by Crippen LogP contribution is -2.64. The van der Waals surface area contributed by atoms with Crippen molar-refractivity contribution in [3.05, 3.63) is 12.7 Å². The predicted molar refractivity (Wildman–Crippen MR) is 119 cm³/mol. The number of nitrogens with one attached hydrogen (secondary N) is 1. The van der Waals surface area contributed by atoms with Crippen LogP contribution in [-0.2, 0) is 57.1 Å². The molecule has 37 heavy (non-hydrogen) atoms. The van der Waals surface area contributed by atoms with Gasteiger partial charge in [-0.3, -0.25) is 19.2 Å². The maximum Gasteiger partial charge on any atom is 0.408 e. The van der Waals surface area contributed by atoms with Gasteiger partial charge in [0.15, 0.2) is 30.6 Å². The van der Waals surface area contributed by atoms with Crippen LogP contribution in [0.2, 0.25) is 0 Å². The fourth-order valence-corrected chi connectivity index (χ4v) is 3.27. The van der Waals surface area contributed by atoms with Crippen molar-refractivity contribution in [1.29, 1.82) is 0 Å². The zero-order valence-electron chi connectivity index (χ0n) is 21.0. The molecule has 15 nitrogen and oxygen atoms in total. The maximum absolute atomic E-state index is 11.9. The third-order valence-electron chi connectivity index (χ3n) is 4.64. The average molecular weight is 533 g/mol. The van der Waals surface area contributed by atoms with Gasteiger partial charge in [0.05, 0.1) is 6.10 Å². The van der Waals surface area contributed by atoms with Crippen LogP contribution >= 0.6 is 0 Å². The van der Waals surface area contributed by atoms with Gasteiger partial charge in [-0.25, -0.2) is 9.59 Å². The summed E-state index contributed by atoms with van der Waals surface area (Å²) < 4.78 is 36.9. The number of ether oxygens (including phenoxy) is 7. The van der Waals surface area contributed by atoms with Crippen LogP contribution < -0.4 is 5.32 Å². The Balaban J connectivity index is 3.36. The molecule has 208 valence electrons. The molecule has 0 aromatic carbocycles. The Hall–Kier alpha value is -3.72. The molecule has 7 atom stereocenters. The summed E-state index contributed by atoms with van der Waals surface area (Å²) in [4.78, 5) is 70.6. The standard InChI is InChI=1S/C22H31NO14/c1-7-8-31-22(30)23-16(20(28)29)10(2)33-21-19(36-14(6)27)18(35-13(5)26)17(34-12(4)25)15(37-21)9-32-11(3)24/h7,10,15-19,21H,1,8-9H2,2-6H3,(H,23,30)(H,28,29)/t10-,15+,16-,17-,18-,19+,21+/m0/s1. The van der Waals surface area contributed by atoms with Crippen LogP contribution in [0.3, 0.4) is 0 Å². The maximum atomic E-state index is 11.9. The van der Waals surface area contributed by atoms with Crippen LogP contribution in [0.5, 0.6) is 0 Å². The Bertz CT molecular complexity index is 873. The second-order valence-corrected chi connectivity index (χ2v) is 7.76. The molecule has 0 saturated carbocycles. The lowest BCUT2D eigenvalue weighted by Gasteiger charge is -2.44. The zero-order valence-corrected chi connectivity index (χ0v) is 21.0. The van der Waals surface area contributed by atoms with Gasteiger partial charge in [-0.1, -0.05) is 12.7 Å². The van der Waals surface area contributed by atoms with E-state index in [-0.39, 0.29) is 6.61 Å². The van der Waals surface area contributed by atoms with Crippen molar-refractivity contribution in [1.82, 2.24) is 5.32 Å². The number of rotatable bonds is 12. The van der Waals surface area contributed by atoms with Gasteiger partial charge < -0.3 is 43.6 Å². The smallest absolute Gasteiger partial charge is 0.408 e. The number of carbonyl (C=O) groups excluding carboxylic acids is 5. The Kier molecular flexibility index (Phi) is 12.5. The van der Waals surface area contributed by atoms with Gasteiger partial charge in [-0.05, 0) is 6.92 Å². The summed E-state index contributed by atoms with van der Waals surface area (Å²) >= 11 is 0. The molecule has 1 rings (SSSR count). The summed E-state index contributed by atoms with van der Waals surface area (Å²) in [5.74, 6) is -4.76. The number of carbonyl (C=O) groups is 6. The van der Waals surface area contributed by atoms with Crippen LogP contribution in [-0.4, -0.2) is 97.1 Å². The minimum Gasteiger partial charge on any atom is -0.480 e. The normalized spacial score (nSPS) is 24.4. The van der Waals surface area contributed by atoms with Crippen molar-refractivity contribution in [2.24, 2.45) is 0 Å². The Morgan fingerprint density at radius 2 is 1.43 bits per heavy atom. The second kappa shape index (κ2) is 14.7. The zero-order chi connectivity index (χ0) is 28.3. The van der Waals surface area contributed by atoms with E-state index in [1.807, 2.05) is 0 Å². The van der Waals surface area contributed by atoms with Gasteiger partial charge in [0.2, 0.25) is 0 Å². The fraction of sp³-hybridized carbons (Fsp3) is 0.636. The molecule has 1 aliphatic rings. The summed E-state index contributed by atoms with van der Waals surface area (Å²) in [5, 5.41) is 11.7. The number of esters is 4. The van der Waals surface area contributed by atoms with Crippen LogP contribution in [0.15, 0.2) is 12.7 Å². The molecule has 0 aromatic heterocycles. The van der Waals surface area contributed by atoms with Gasteiger partial charge >= 0.3 is 35.9 Å². The van der Waals surface area contributed by atoms with Crippen molar-refractivity contribution in [2.45, 2.75) is 77.5 Å². The summed E-state index contributed by atoms with van der Waals surface area (Å²) in [6.45, 7) is 8.21. The highest BCUT2D eigenvalue weighted by atomic mass is 16.7. The topological polar surface area (TPSA) is 199 Å². The number of alkyl carbamates (subject to hydrolysis) is 1. The molecular formula is C22H31NO14. The molecule has 0 spiro atoms. The van der Waals surface area contributed by atoms with E-state index in [1.165, 1.54) is 13.0 Å². The van der Waals surface area contributed by atoms with Crippen molar-refractivity contribution < 1.29 is 67.0 Å². The summed E-state index contributed by atoms with van der Waals surface area (Å²) in [6.07, 6.45) is -8.58. The first-order valence-electron chi connectivity index (χ1n) is 11.0. The molecule has 1 heterocycles. The molecule has 1 aliphatic heterocycles. The van der Waals surface area contributed by atoms with E-state index in [1.54, 1.807) is 0 Å². The number of hydrogen-bond donors (Lipinski definition) is 2. The second-order valence-electron chi connectivity index (χ2n) is 7.76. The molecular weight excluding hydrogens is 502 g/mol. The predicted octanol–water partition coefficient (Wildman–Crippen LogP) is -0.160. The first kappa shape index (κ1) is 31.3. The highest BCUT2D eigenvalue weighted by molar-refractivity contribution is 5.80. The molecule has 1 saturated heterocycles. The van der Waals surface area contributed by atoms with Gasteiger partial charge in [0.1, 0.15) is 19.3 Å². The van der Waals surface area contributed by atoms with Crippen LogP contribution in [0, 0.1) is 0 Å². The van der Waals surface area contributed by atoms with Crippen LogP contribution in [0.4, 0.5) is 4.79 Å². The number of aliphatic carboxylic acids is 1. The van der Waals surface area contributed by atoms with E-state index >= 15 is 0 Å². The first-order valence-corrected chi connectivity index (χ1v) is 11.0. The minimum atomic E-state index is -1.68. The average Bonchev–Trinajstić information content (AvgIpc) is 2.77.